The topological polar surface area (TPSA) is 97.5 Å². The van der Waals surface area contributed by atoms with Crippen molar-refractivity contribution in [3.8, 4) is 0 Å². The molecule has 2 N–H and O–H groups in total. The lowest BCUT2D eigenvalue weighted by Crippen LogP contribution is -2.35. The molecule has 0 amide bonds. The van der Waals surface area contributed by atoms with Crippen LogP contribution in [0.3, 0.4) is 0 Å². The molecule has 2 heterocycles. The molecule has 108 valence electrons. The van der Waals surface area contributed by atoms with E-state index >= 15 is 0 Å². The second-order valence-corrected chi connectivity index (χ2v) is 9.69. The van der Waals surface area contributed by atoms with Gasteiger partial charge in [-0.1, -0.05) is 6.92 Å². The van der Waals surface area contributed by atoms with Crippen LogP contribution in [0.15, 0.2) is 14.5 Å². The number of rotatable bonds is 2. The molecule has 1 aliphatic rings. The number of primary sulfonamides is 1. The van der Waals surface area contributed by atoms with Crippen molar-refractivity contribution in [1.82, 2.24) is 4.90 Å². The first kappa shape index (κ1) is 14.9. The Morgan fingerprint density at radius 1 is 1.53 bits per heavy atom. The van der Waals surface area contributed by atoms with Crippen LogP contribution in [0.1, 0.15) is 19.4 Å². The molecule has 0 radical (unpaired) electrons. The largest absolute Gasteiger partial charge is 0.296 e. The van der Waals surface area contributed by atoms with E-state index < -0.39 is 19.9 Å². The molecule has 1 atom stereocenters. The molecular formula is C10H16N2O4S3. The van der Waals surface area contributed by atoms with E-state index in [0.717, 1.165) is 11.3 Å². The fourth-order valence-electron chi connectivity index (χ4n) is 2.20. The Labute approximate surface area is 117 Å². The number of fused-ring (bicyclic) bond motifs is 1. The minimum absolute atomic E-state index is 0.00158. The average Bonchev–Trinajstić information content (AvgIpc) is 2.65. The molecule has 0 fully saturated rings. The van der Waals surface area contributed by atoms with Gasteiger partial charge in [-0.05, 0) is 25.1 Å². The normalized spacial score (nSPS) is 23.8. The van der Waals surface area contributed by atoms with Crippen molar-refractivity contribution in [3.63, 3.8) is 0 Å². The van der Waals surface area contributed by atoms with Crippen molar-refractivity contribution in [1.29, 1.82) is 0 Å². The minimum atomic E-state index is -3.86. The van der Waals surface area contributed by atoms with E-state index in [-0.39, 0.29) is 20.2 Å². The zero-order valence-corrected chi connectivity index (χ0v) is 13.1. The van der Waals surface area contributed by atoms with Gasteiger partial charge in [-0.2, -0.15) is 0 Å². The van der Waals surface area contributed by atoms with Gasteiger partial charge >= 0.3 is 0 Å². The Balaban J connectivity index is 2.60. The Hall–Kier alpha value is -0.480. The van der Waals surface area contributed by atoms with Gasteiger partial charge in [-0.25, -0.2) is 22.0 Å². The van der Waals surface area contributed by atoms with Gasteiger partial charge in [0.2, 0.25) is 10.0 Å². The van der Waals surface area contributed by atoms with Gasteiger partial charge in [-0.15, -0.1) is 11.3 Å². The van der Waals surface area contributed by atoms with Crippen LogP contribution < -0.4 is 5.14 Å². The van der Waals surface area contributed by atoms with Crippen molar-refractivity contribution in [3.05, 3.63) is 11.6 Å². The van der Waals surface area contributed by atoms with Gasteiger partial charge in [0.05, 0.1) is 5.75 Å². The van der Waals surface area contributed by atoms with Crippen molar-refractivity contribution >= 4 is 31.2 Å². The van der Waals surface area contributed by atoms with E-state index in [1.807, 2.05) is 18.7 Å². The lowest BCUT2D eigenvalue weighted by Gasteiger charge is -2.24. The third kappa shape index (κ3) is 2.84. The van der Waals surface area contributed by atoms with Crippen molar-refractivity contribution in [2.24, 2.45) is 5.14 Å². The zero-order chi connectivity index (χ0) is 14.4. The van der Waals surface area contributed by atoms with E-state index in [2.05, 4.69) is 0 Å². The number of hydrogen-bond acceptors (Lipinski definition) is 6. The number of thiophene rings is 1. The Morgan fingerprint density at radius 2 is 2.16 bits per heavy atom. The summed E-state index contributed by atoms with van der Waals surface area (Å²) in [6, 6.07) is 1.29. The molecule has 6 nitrogen and oxygen atoms in total. The summed E-state index contributed by atoms with van der Waals surface area (Å²) < 4.78 is 47.2. The molecule has 0 aliphatic carbocycles. The molecule has 0 spiro atoms. The smallest absolute Gasteiger partial charge is 0.247 e. The third-order valence-electron chi connectivity index (χ3n) is 3.17. The number of nitrogens with zero attached hydrogens (tertiary/aromatic N) is 1. The summed E-state index contributed by atoms with van der Waals surface area (Å²) in [4.78, 5) is 2.00. The molecule has 1 aromatic heterocycles. The average molecular weight is 324 g/mol. The maximum absolute atomic E-state index is 12.3. The summed E-state index contributed by atoms with van der Waals surface area (Å²) in [7, 11) is -7.31. The predicted octanol–water partition coefficient (Wildman–Crippen LogP) is 0.393. The van der Waals surface area contributed by atoms with Gasteiger partial charge in [0.15, 0.2) is 9.84 Å². The number of sulfone groups is 1. The molecular weight excluding hydrogens is 308 g/mol. The predicted molar refractivity (Wildman–Crippen MR) is 73.3 cm³/mol. The zero-order valence-electron chi connectivity index (χ0n) is 10.7. The maximum atomic E-state index is 12.3. The van der Waals surface area contributed by atoms with Crippen LogP contribution in [0, 0.1) is 0 Å². The van der Waals surface area contributed by atoms with Crippen LogP contribution in [-0.2, 0) is 26.4 Å². The summed E-state index contributed by atoms with van der Waals surface area (Å²) in [5.41, 5.74) is 0.528. The molecule has 0 saturated carbocycles. The first-order valence-corrected chi connectivity index (χ1v) is 9.79. The molecule has 0 saturated heterocycles. The van der Waals surface area contributed by atoms with Crippen LogP contribution in [-0.4, -0.2) is 40.1 Å². The highest BCUT2D eigenvalue weighted by Gasteiger charge is 2.33. The molecule has 0 aromatic carbocycles. The standard InChI is InChI=1S/C10H16N2O4S3/c1-3-12-5-8-4-9(19(11,15)16)17-10(8)18(13,14)6-7(12)2/h4,7H,3,5-6H2,1-2H3,(H2,11,15,16). The quantitative estimate of drug-likeness (QED) is 0.849. The van der Waals surface area contributed by atoms with E-state index in [1.54, 1.807) is 0 Å². The summed E-state index contributed by atoms with van der Waals surface area (Å²) in [6.07, 6.45) is 0. The fourth-order valence-corrected chi connectivity index (χ4v) is 6.52. The van der Waals surface area contributed by atoms with Crippen molar-refractivity contribution in [2.75, 3.05) is 12.3 Å². The van der Waals surface area contributed by atoms with E-state index in [1.165, 1.54) is 6.07 Å². The van der Waals surface area contributed by atoms with E-state index in [9.17, 15) is 16.8 Å². The molecule has 1 unspecified atom stereocenters. The van der Waals surface area contributed by atoms with Crippen LogP contribution >= 0.6 is 11.3 Å². The lowest BCUT2D eigenvalue weighted by molar-refractivity contribution is 0.228. The second kappa shape index (κ2) is 4.81. The number of hydrogen-bond donors (Lipinski definition) is 1. The van der Waals surface area contributed by atoms with E-state index in [0.29, 0.717) is 18.7 Å². The number of nitrogens with two attached hydrogens (primary N) is 1. The van der Waals surface area contributed by atoms with Gasteiger partial charge in [0, 0.05) is 12.6 Å². The summed E-state index contributed by atoms with van der Waals surface area (Å²) in [5, 5.41) is 5.07. The monoisotopic (exact) mass is 324 g/mol. The number of sulfonamides is 1. The van der Waals surface area contributed by atoms with Gasteiger partial charge in [0.1, 0.15) is 8.42 Å². The SMILES string of the molecule is CCN1Cc2cc(S(N)(=O)=O)sc2S(=O)(=O)CC1C. The highest BCUT2D eigenvalue weighted by molar-refractivity contribution is 7.95. The van der Waals surface area contributed by atoms with Crippen LogP contribution in [0.25, 0.3) is 0 Å². The Morgan fingerprint density at radius 3 is 2.68 bits per heavy atom. The maximum Gasteiger partial charge on any atom is 0.247 e. The highest BCUT2D eigenvalue weighted by Crippen LogP contribution is 2.34. The van der Waals surface area contributed by atoms with Crippen LogP contribution in [0.5, 0.6) is 0 Å². The van der Waals surface area contributed by atoms with Crippen molar-refractivity contribution < 1.29 is 16.8 Å². The Bertz CT molecular complexity index is 690. The second-order valence-electron chi connectivity index (χ2n) is 4.62. The van der Waals surface area contributed by atoms with Crippen LogP contribution in [0.4, 0.5) is 0 Å². The van der Waals surface area contributed by atoms with Gasteiger partial charge in [-0.3, -0.25) is 4.90 Å². The molecule has 19 heavy (non-hydrogen) atoms. The molecule has 1 aliphatic heterocycles. The molecule has 1 aromatic rings. The highest BCUT2D eigenvalue weighted by atomic mass is 32.3. The molecule has 2 rings (SSSR count). The van der Waals surface area contributed by atoms with Crippen LogP contribution in [0.2, 0.25) is 0 Å². The van der Waals surface area contributed by atoms with Crippen molar-refractivity contribution in [2.45, 2.75) is 34.9 Å². The summed E-state index contributed by atoms with van der Waals surface area (Å²) >= 11 is 0.750. The Kier molecular flexibility index (Phi) is 3.78. The minimum Gasteiger partial charge on any atom is -0.296 e. The third-order valence-corrected chi connectivity index (χ3v) is 8.33. The first-order valence-electron chi connectivity index (χ1n) is 5.77. The van der Waals surface area contributed by atoms with Gasteiger partial charge < -0.3 is 0 Å². The molecule has 9 heteroatoms. The first-order chi connectivity index (χ1) is 8.65. The fraction of sp³-hybridized carbons (Fsp3) is 0.600. The molecule has 0 bridgehead atoms. The van der Waals surface area contributed by atoms with Gasteiger partial charge in [0.25, 0.3) is 0 Å². The summed E-state index contributed by atoms with van der Waals surface area (Å²) in [5.74, 6) is -0.00158. The van der Waals surface area contributed by atoms with E-state index in [4.69, 9.17) is 5.14 Å². The summed E-state index contributed by atoms with van der Waals surface area (Å²) in [6.45, 7) is 4.94. The lowest BCUT2D eigenvalue weighted by atomic mass is 10.2.